The molecule has 0 aromatic carbocycles. The molecule has 0 atom stereocenters. The van der Waals surface area contributed by atoms with Crippen LogP contribution in [0, 0.1) is 19.3 Å². The minimum absolute atomic E-state index is 0.0439. The summed E-state index contributed by atoms with van der Waals surface area (Å²) in [4.78, 5) is 28.9. The van der Waals surface area contributed by atoms with Crippen molar-refractivity contribution in [1.29, 1.82) is 0 Å². The molecule has 3 rings (SSSR count). The summed E-state index contributed by atoms with van der Waals surface area (Å²) >= 11 is 0. The smallest absolute Gasteiger partial charge is 0.257 e. The van der Waals surface area contributed by atoms with E-state index in [1.54, 1.807) is 7.11 Å². The Morgan fingerprint density at radius 2 is 2.04 bits per heavy atom. The molecule has 0 saturated carbocycles. The highest BCUT2D eigenvalue weighted by molar-refractivity contribution is 5.95. The largest absolute Gasteiger partial charge is 0.466 e. The van der Waals surface area contributed by atoms with E-state index in [1.807, 2.05) is 29.7 Å². The second-order valence-corrected chi connectivity index (χ2v) is 7.46. The van der Waals surface area contributed by atoms with Crippen LogP contribution in [-0.2, 0) is 9.53 Å². The zero-order valence-electron chi connectivity index (χ0n) is 15.5. The van der Waals surface area contributed by atoms with Gasteiger partial charge in [0.1, 0.15) is 11.5 Å². The molecule has 2 aliphatic heterocycles. The summed E-state index contributed by atoms with van der Waals surface area (Å²) in [5, 5.41) is 0. The monoisotopic (exact) mass is 348 g/mol. The molecule has 0 unspecified atom stereocenters. The van der Waals surface area contributed by atoms with Crippen molar-refractivity contribution in [3.05, 3.63) is 23.2 Å². The SMILES string of the molecule is COCCCN1CC2(CCN(C(=O)c3cc(C)oc3C)CC2)CC1=O. The normalized spacial score (nSPS) is 19.9. The summed E-state index contributed by atoms with van der Waals surface area (Å²) in [6, 6.07) is 1.82. The van der Waals surface area contributed by atoms with Gasteiger partial charge in [0.05, 0.1) is 5.56 Å². The fraction of sp³-hybridized carbons (Fsp3) is 0.684. The molecule has 0 radical (unpaired) electrons. The van der Waals surface area contributed by atoms with Crippen LogP contribution >= 0.6 is 0 Å². The van der Waals surface area contributed by atoms with Crippen LogP contribution < -0.4 is 0 Å². The number of amides is 2. The van der Waals surface area contributed by atoms with Gasteiger partial charge in [-0.15, -0.1) is 0 Å². The first-order valence-electron chi connectivity index (χ1n) is 9.07. The number of methoxy groups -OCH3 is 1. The van der Waals surface area contributed by atoms with E-state index in [-0.39, 0.29) is 17.2 Å². The number of hydrogen-bond acceptors (Lipinski definition) is 4. The Hall–Kier alpha value is -1.82. The number of rotatable bonds is 5. The fourth-order valence-electron chi connectivity index (χ4n) is 4.12. The highest BCUT2D eigenvalue weighted by Crippen LogP contribution is 2.41. The van der Waals surface area contributed by atoms with E-state index in [0.717, 1.165) is 38.1 Å². The third kappa shape index (κ3) is 3.73. The number of ether oxygens (including phenoxy) is 1. The molecule has 0 bridgehead atoms. The minimum Gasteiger partial charge on any atom is -0.466 e. The highest BCUT2D eigenvalue weighted by Gasteiger charge is 2.45. The minimum atomic E-state index is 0.0439. The van der Waals surface area contributed by atoms with Gasteiger partial charge in [-0.05, 0) is 39.2 Å². The zero-order chi connectivity index (χ0) is 18.0. The number of furan rings is 1. The van der Waals surface area contributed by atoms with Gasteiger partial charge in [0.15, 0.2) is 0 Å². The van der Waals surface area contributed by atoms with E-state index in [1.165, 1.54) is 0 Å². The molecule has 2 amide bonds. The van der Waals surface area contributed by atoms with Gasteiger partial charge in [-0.2, -0.15) is 0 Å². The fourth-order valence-corrected chi connectivity index (χ4v) is 4.12. The van der Waals surface area contributed by atoms with Gasteiger partial charge in [-0.1, -0.05) is 0 Å². The van der Waals surface area contributed by atoms with E-state index >= 15 is 0 Å². The Balaban J connectivity index is 1.57. The predicted molar refractivity (Wildman–Crippen MR) is 93.4 cm³/mol. The summed E-state index contributed by atoms with van der Waals surface area (Å²) < 4.78 is 10.6. The van der Waals surface area contributed by atoms with Gasteiger partial charge in [-0.25, -0.2) is 0 Å². The van der Waals surface area contributed by atoms with Crippen molar-refractivity contribution in [2.75, 3.05) is 39.9 Å². The van der Waals surface area contributed by atoms with Crippen molar-refractivity contribution in [1.82, 2.24) is 9.80 Å². The first-order valence-corrected chi connectivity index (χ1v) is 9.07. The molecular formula is C19H28N2O4. The van der Waals surface area contributed by atoms with Crippen LogP contribution in [0.25, 0.3) is 0 Å². The third-order valence-corrected chi connectivity index (χ3v) is 5.56. The lowest BCUT2D eigenvalue weighted by molar-refractivity contribution is -0.128. The Labute approximate surface area is 149 Å². The quantitative estimate of drug-likeness (QED) is 0.767. The van der Waals surface area contributed by atoms with Crippen molar-refractivity contribution in [3.8, 4) is 0 Å². The number of carbonyl (C=O) groups excluding carboxylic acids is 2. The topological polar surface area (TPSA) is 63.0 Å². The molecule has 2 aliphatic rings. The number of aryl methyl sites for hydroxylation is 2. The molecule has 2 fully saturated rings. The molecule has 1 aromatic heterocycles. The lowest BCUT2D eigenvalue weighted by Crippen LogP contribution is -2.44. The average molecular weight is 348 g/mol. The first-order chi connectivity index (χ1) is 11.9. The van der Waals surface area contributed by atoms with Crippen molar-refractivity contribution in [2.45, 2.75) is 39.5 Å². The van der Waals surface area contributed by atoms with Gasteiger partial charge in [-0.3, -0.25) is 9.59 Å². The van der Waals surface area contributed by atoms with Gasteiger partial charge in [0, 0.05) is 51.7 Å². The predicted octanol–water partition coefficient (Wildman–Crippen LogP) is 2.39. The summed E-state index contributed by atoms with van der Waals surface area (Å²) in [7, 11) is 1.68. The molecule has 1 aromatic rings. The van der Waals surface area contributed by atoms with E-state index in [4.69, 9.17) is 9.15 Å². The number of hydrogen-bond donors (Lipinski definition) is 0. The van der Waals surface area contributed by atoms with Crippen LogP contribution in [0.4, 0.5) is 0 Å². The van der Waals surface area contributed by atoms with Crippen molar-refractivity contribution < 1.29 is 18.7 Å². The summed E-state index contributed by atoms with van der Waals surface area (Å²) in [6.07, 6.45) is 3.27. The van der Waals surface area contributed by atoms with Crippen LogP contribution in [0.2, 0.25) is 0 Å². The second-order valence-electron chi connectivity index (χ2n) is 7.46. The second kappa shape index (κ2) is 7.20. The van der Waals surface area contributed by atoms with Crippen molar-refractivity contribution >= 4 is 11.8 Å². The van der Waals surface area contributed by atoms with Crippen LogP contribution in [0.15, 0.2) is 10.5 Å². The average Bonchev–Trinajstić information content (AvgIpc) is 3.07. The lowest BCUT2D eigenvalue weighted by atomic mass is 9.77. The number of piperidine rings is 1. The van der Waals surface area contributed by atoms with Gasteiger partial charge < -0.3 is 19.0 Å². The third-order valence-electron chi connectivity index (χ3n) is 5.56. The van der Waals surface area contributed by atoms with E-state index in [0.29, 0.717) is 37.4 Å². The summed E-state index contributed by atoms with van der Waals surface area (Å²) in [6.45, 7) is 7.38. The Morgan fingerprint density at radius 3 is 2.64 bits per heavy atom. The van der Waals surface area contributed by atoms with Gasteiger partial charge in [0.25, 0.3) is 5.91 Å². The maximum Gasteiger partial charge on any atom is 0.257 e. The number of likely N-dealkylation sites (tertiary alicyclic amines) is 2. The highest BCUT2D eigenvalue weighted by atomic mass is 16.5. The maximum absolute atomic E-state index is 12.7. The zero-order valence-corrected chi connectivity index (χ0v) is 15.5. The van der Waals surface area contributed by atoms with Crippen LogP contribution in [0.1, 0.15) is 47.6 Å². The molecule has 3 heterocycles. The van der Waals surface area contributed by atoms with E-state index < -0.39 is 0 Å². The first kappa shape index (κ1) is 18.0. The van der Waals surface area contributed by atoms with Crippen molar-refractivity contribution in [3.63, 3.8) is 0 Å². The Kier molecular flexibility index (Phi) is 5.18. The molecule has 0 aliphatic carbocycles. The number of nitrogens with zero attached hydrogens (tertiary/aromatic N) is 2. The van der Waals surface area contributed by atoms with E-state index in [9.17, 15) is 9.59 Å². The standard InChI is InChI=1S/C19H28N2O4/c1-14-11-16(15(2)25-14)18(23)20-8-5-19(6-9-20)12-17(22)21(13-19)7-4-10-24-3/h11H,4-10,12-13H2,1-3H3. The van der Waals surface area contributed by atoms with Crippen LogP contribution in [0.3, 0.4) is 0 Å². The molecule has 6 nitrogen and oxygen atoms in total. The summed E-state index contributed by atoms with van der Waals surface area (Å²) in [5.74, 6) is 1.74. The van der Waals surface area contributed by atoms with Crippen LogP contribution in [0.5, 0.6) is 0 Å². The molecule has 2 saturated heterocycles. The molecular weight excluding hydrogens is 320 g/mol. The van der Waals surface area contributed by atoms with Crippen LogP contribution in [-0.4, -0.2) is 61.5 Å². The number of carbonyl (C=O) groups is 2. The lowest BCUT2D eigenvalue weighted by Gasteiger charge is -2.38. The molecule has 138 valence electrons. The van der Waals surface area contributed by atoms with Gasteiger partial charge >= 0.3 is 0 Å². The Morgan fingerprint density at radius 1 is 1.32 bits per heavy atom. The molecule has 6 heteroatoms. The summed E-state index contributed by atoms with van der Waals surface area (Å²) in [5.41, 5.74) is 0.708. The van der Waals surface area contributed by atoms with Crippen molar-refractivity contribution in [2.24, 2.45) is 5.41 Å². The Bertz CT molecular complexity index is 644. The molecule has 1 spiro atoms. The maximum atomic E-state index is 12.7. The molecule has 0 N–H and O–H groups in total. The van der Waals surface area contributed by atoms with E-state index in [2.05, 4.69) is 0 Å². The molecule has 25 heavy (non-hydrogen) atoms. The van der Waals surface area contributed by atoms with Gasteiger partial charge in [0.2, 0.25) is 5.91 Å².